The number of phosphoric acid groups is 1. The van der Waals surface area contributed by atoms with Gasteiger partial charge in [0.1, 0.15) is 0 Å². The Bertz CT molecular complexity index is 189. The van der Waals surface area contributed by atoms with Crippen LogP contribution in [0.15, 0.2) is 0 Å². The van der Waals surface area contributed by atoms with Gasteiger partial charge in [0.2, 0.25) is 0 Å². The highest BCUT2D eigenvalue weighted by Gasteiger charge is 2.00. The van der Waals surface area contributed by atoms with Crippen molar-refractivity contribution in [3.05, 3.63) is 0 Å². The Hall–Kier alpha value is 0.0700. The van der Waals surface area contributed by atoms with Crippen LogP contribution in [0.4, 0.5) is 0 Å². The zero-order valence-corrected chi connectivity index (χ0v) is 13.2. The molecule has 0 atom stereocenters. The normalized spacial score (nSPS) is 11.0. The molecule has 0 rings (SSSR count). The van der Waals surface area contributed by atoms with Gasteiger partial charge >= 0.3 is 7.82 Å². The third-order valence-corrected chi connectivity index (χ3v) is 2.81. The van der Waals surface area contributed by atoms with E-state index in [1.807, 2.05) is 0 Å². The molecule has 5 nitrogen and oxygen atoms in total. The first-order valence-electron chi connectivity index (χ1n) is 7.40. The first-order chi connectivity index (χ1) is 8.91. The van der Waals surface area contributed by atoms with Gasteiger partial charge in [-0.25, -0.2) is 4.57 Å². The predicted molar refractivity (Wildman–Crippen MR) is 79.8 cm³/mol. The molecule has 0 aliphatic heterocycles. The van der Waals surface area contributed by atoms with E-state index in [0.717, 1.165) is 6.54 Å². The van der Waals surface area contributed by atoms with E-state index in [1.165, 1.54) is 70.6 Å². The Morgan fingerprint density at radius 1 is 0.737 bits per heavy atom. The average Bonchev–Trinajstić information content (AvgIpc) is 2.29. The Morgan fingerprint density at radius 2 is 1.00 bits per heavy atom. The molecule has 0 aliphatic carbocycles. The van der Waals surface area contributed by atoms with Gasteiger partial charge in [0.25, 0.3) is 0 Å². The maximum Gasteiger partial charge on any atom is 0.466 e. The van der Waals surface area contributed by atoms with Gasteiger partial charge in [0.15, 0.2) is 0 Å². The SMILES string of the molecule is CCCCCCCCCCCCCN.O=P(O)(O)O. The van der Waals surface area contributed by atoms with Gasteiger partial charge < -0.3 is 20.4 Å². The summed E-state index contributed by atoms with van der Waals surface area (Å²) in [6.07, 6.45) is 15.4. The molecule has 6 heteroatoms. The largest absolute Gasteiger partial charge is 0.466 e. The van der Waals surface area contributed by atoms with Crippen molar-refractivity contribution in [3.8, 4) is 0 Å². The lowest BCUT2D eigenvalue weighted by Crippen LogP contribution is -1.97. The highest BCUT2D eigenvalue weighted by molar-refractivity contribution is 7.45. The molecule has 0 spiro atoms. The summed E-state index contributed by atoms with van der Waals surface area (Å²) in [5.74, 6) is 0. The second kappa shape index (κ2) is 16.1. The second-order valence-electron chi connectivity index (χ2n) is 4.84. The molecule has 0 bridgehead atoms. The molecule has 0 saturated heterocycles. The van der Waals surface area contributed by atoms with Crippen LogP contribution in [0.25, 0.3) is 0 Å². The van der Waals surface area contributed by atoms with Crippen molar-refractivity contribution in [2.75, 3.05) is 6.54 Å². The number of nitrogens with two attached hydrogens (primary N) is 1. The maximum atomic E-state index is 8.88. The monoisotopic (exact) mass is 297 g/mol. The third kappa shape index (κ3) is 38.1. The Balaban J connectivity index is 0. The minimum Gasteiger partial charge on any atom is -0.330 e. The Labute approximate surface area is 117 Å². The van der Waals surface area contributed by atoms with E-state index in [0.29, 0.717) is 0 Å². The maximum absolute atomic E-state index is 8.88. The van der Waals surface area contributed by atoms with Crippen molar-refractivity contribution in [2.24, 2.45) is 5.73 Å². The quantitative estimate of drug-likeness (QED) is 0.346. The van der Waals surface area contributed by atoms with E-state index in [4.69, 9.17) is 25.0 Å². The van der Waals surface area contributed by atoms with Crippen LogP contribution in [0.3, 0.4) is 0 Å². The van der Waals surface area contributed by atoms with Crippen molar-refractivity contribution >= 4 is 7.82 Å². The Morgan fingerprint density at radius 3 is 1.26 bits per heavy atom. The first-order valence-corrected chi connectivity index (χ1v) is 8.96. The fraction of sp³-hybridized carbons (Fsp3) is 1.00. The average molecular weight is 297 g/mol. The molecule has 0 fully saturated rings. The summed E-state index contributed by atoms with van der Waals surface area (Å²) in [6.45, 7) is 3.15. The van der Waals surface area contributed by atoms with E-state index in [1.54, 1.807) is 0 Å². The molecule has 19 heavy (non-hydrogen) atoms. The molecular formula is C13H32NO4P. The van der Waals surface area contributed by atoms with Gasteiger partial charge in [-0.05, 0) is 13.0 Å². The van der Waals surface area contributed by atoms with Crippen LogP contribution in [0, 0.1) is 0 Å². The van der Waals surface area contributed by atoms with Crippen LogP contribution in [0.1, 0.15) is 77.6 Å². The van der Waals surface area contributed by atoms with Gasteiger partial charge in [-0.3, -0.25) is 0 Å². The fourth-order valence-electron chi connectivity index (χ4n) is 1.81. The molecule has 0 radical (unpaired) electrons. The van der Waals surface area contributed by atoms with Crippen LogP contribution in [0.2, 0.25) is 0 Å². The van der Waals surface area contributed by atoms with Gasteiger partial charge in [0.05, 0.1) is 0 Å². The fourth-order valence-corrected chi connectivity index (χ4v) is 1.81. The van der Waals surface area contributed by atoms with Crippen molar-refractivity contribution in [3.63, 3.8) is 0 Å². The highest BCUT2D eigenvalue weighted by atomic mass is 31.2. The van der Waals surface area contributed by atoms with Crippen LogP contribution in [-0.2, 0) is 4.57 Å². The summed E-state index contributed by atoms with van der Waals surface area (Å²) in [4.78, 5) is 21.6. The third-order valence-electron chi connectivity index (χ3n) is 2.81. The van der Waals surface area contributed by atoms with Crippen LogP contribution < -0.4 is 5.73 Å². The topological polar surface area (TPSA) is 104 Å². The van der Waals surface area contributed by atoms with E-state index in [2.05, 4.69) is 6.92 Å². The zero-order chi connectivity index (χ0) is 15.0. The standard InChI is InChI=1S/C13H29N.H3O4P/c1-2-3-4-5-6-7-8-9-10-11-12-13-14;1-5(2,3)4/h2-14H2,1H3;(H3,1,2,3,4). The molecule has 0 aliphatic rings. The molecule has 5 N–H and O–H groups in total. The molecule has 0 aromatic carbocycles. The van der Waals surface area contributed by atoms with Crippen LogP contribution in [0.5, 0.6) is 0 Å². The number of unbranched alkanes of at least 4 members (excludes halogenated alkanes) is 10. The highest BCUT2D eigenvalue weighted by Crippen LogP contribution is 2.25. The lowest BCUT2D eigenvalue weighted by Gasteiger charge is -2.01. The molecule has 0 unspecified atom stereocenters. The van der Waals surface area contributed by atoms with Crippen molar-refractivity contribution < 1.29 is 19.2 Å². The van der Waals surface area contributed by atoms with Crippen molar-refractivity contribution in [2.45, 2.75) is 77.6 Å². The minimum absolute atomic E-state index is 0.872. The van der Waals surface area contributed by atoms with E-state index in [-0.39, 0.29) is 0 Å². The first kappa shape index (κ1) is 21.4. The van der Waals surface area contributed by atoms with E-state index < -0.39 is 7.82 Å². The number of rotatable bonds is 11. The molecule has 0 aromatic rings. The summed E-state index contributed by atoms with van der Waals surface area (Å²) in [6, 6.07) is 0. The molecule has 0 saturated carbocycles. The van der Waals surface area contributed by atoms with E-state index >= 15 is 0 Å². The summed E-state index contributed by atoms with van der Waals surface area (Å²) >= 11 is 0. The number of hydrogen-bond acceptors (Lipinski definition) is 2. The minimum atomic E-state index is -4.64. The zero-order valence-electron chi connectivity index (χ0n) is 12.3. The summed E-state index contributed by atoms with van der Waals surface area (Å²) in [7, 11) is -4.64. The van der Waals surface area contributed by atoms with Crippen molar-refractivity contribution in [1.82, 2.24) is 0 Å². The van der Waals surface area contributed by atoms with Gasteiger partial charge in [-0.15, -0.1) is 0 Å². The van der Waals surface area contributed by atoms with Gasteiger partial charge in [-0.2, -0.15) is 0 Å². The molecule has 0 heterocycles. The molecule has 118 valence electrons. The summed E-state index contributed by atoms with van der Waals surface area (Å²) in [5, 5.41) is 0. The second-order valence-corrected chi connectivity index (χ2v) is 5.86. The lowest BCUT2D eigenvalue weighted by molar-refractivity contribution is 0.275. The molecule has 0 amide bonds. The van der Waals surface area contributed by atoms with Gasteiger partial charge in [0, 0.05) is 0 Å². The van der Waals surface area contributed by atoms with E-state index in [9.17, 15) is 0 Å². The number of hydrogen-bond donors (Lipinski definition) is 4. The van der Waals surface area contributed by atoms with Crippen molar-refractivity contribution in [1.29, 1.82) is 0 Å². The van der Waals surface area contributed by atoms with Gasteiger partial charge in [-0.1, -0.05) is 71.1 Å². The molecular weight excluding hydrogens is 265 g/mol. The lowest BCUT2D eigenvalue weighted by atomic mass is 10.1. The molecule has 0 aromatic heterocycles. The Kier molecular flexibility index (Phi) is 18.1. The van der Waals surface area contributed by atoms with Crippen LogP contribution >= 0.6 is 7.82 Å². The van der Waals surface area contributed by atoms with Crippen LogP contribution in [-0.4, -0.2) is 21.2 Å². The summed E-state index contributed by atoms with van der Waals surface area (Å²) in [5.41, 5.74) is 5.44. The smallest absolute Gasteiger partial charge is 0.330 e. The summed E-state index contributed by atoms with van der Waals surface area (Å²) < 4.78 is 8.88. The predicted octanol–water partition coefficient (Wildman–Crippen LogP) is 3.33.